The van der Waals surface area contributed by atoms with E-state index in [1.54, 1.807) is 6.07 Å². The van der Waals surface area contributed by atoms with Gasteiger partial charge in [-0.05, 0) is 25.1 Å². The van der Waals surface area contributed by atoms with Gasteiger partial charge >= 0.3 is 6.61 Å². The minimum atomic E-state index is -3.85. The zero-order chi connectivity index (χ0) is 17.7. The Hall–Kier alpha value is -2.32. The Bertz CT molecular complexity index is 820. The Labute approximate surface area is 138 Å². The molecule has 0 bridgehead atoms. The van der Waals surface area contributed by atoms with Crippen LogP contribution in [0.15, 0.2) is 53.4 Å². The second kappa shape index (κ2) is 7.50. The van der Waals surface area contributed by atoms with Crippen LogP contribution in [0.4, 0.5) is 8.78 Å². The number of hydrogen-bond acceptors (Lipinski definition) is 4. The second-order valence-corrected chi connectivity index (χ2v) is 6.66. The molecule has 2 aromatic carbocycles. The average molecular weight is 355 g/mol. The summed E-state index contributed by atoms with van der Waals surface area (Å²) in [7, 11) is -3.85. The summed E-state index contributed by atoms with van der Waals surface area (Å²) in [6.45, 7) is -1.83. The zero-order valence-electron chi connectivity index (χ0n) is 12.7. The van der Waals surface area contributed by atoms with Crippen molar-refractivity contribution in [3.8, 4) is 5.75 Å². The maximum Gasteiger partial charge on any atom is 0.387 e. The van der Waals surface area contributed by atoms with Crippen LogP contribution in [0.2, 0.25) is 0 Å². The van der Waals surface area contributed by atoms with Gasteiger partial charge in [0.15, 0.2) is 5.78 Å². The molecule has 0 aliphatic carbocycles. The lowest BCUT2D eigenvalue weighted by Gasteiger charge is -2.12. The average Bonchev–Trinajstić information content (AvgIpc) is 2.53. The maximum absolute atomic E-state index is 12.4. The number of sulfonamides is 1. The van der Waals surface area contributed by atoms with E-state index in [9.17, 15) is 22.0 Å². The van der Waals surface area contributed by atoms with Crippen LogP contribution in [0.3, 0.4) is 0 Å². The summed E-state index contributed by atoms with van der Waals surface area (Å²) < 4.78 is 55.8. The molecule has 5 nitrogen and oxygen atoms in total. The molecule has 0 radical (unpaired) electrons. The first kappa shape index (κ1) is 18.0. The number of benzene rings is 2. The van der Waals surface area contributed by atoms with Gasteiger partial charge in [0.1, 0.15) is 5.75 Å². The molecule has 24 heavy (non-hydrogen) atoms. The zero-order valence-corrected chi connectivity index (χ0v) is 13.5. The van der Waals surface area contributed by atoms with Gasteiger partial charge in [0.25, 0.3) is 0 Å². The highest BCUT2D eigenvalue weighted by atomic mass is 32.2. The molecule has 0 aliphatic rings. The number of carbonyl (C=O) groups excluding carboxylic acids is 1. The fraction of sp³-hybridized carbons (Fsp3) is 0.188. The van der Waals surface area contributed by atoms with Crippen molar-refractivity contribution >= 4 is 15.8 Å². The van der Waals surface area contributed by atoms with Gasteiger partial charge in [0.05, 0.1) is 4.90 Å². The number of ether oxygens (including phenoxy) is 1. The number of rotatable bonds is 7. The summed E-state index contributed by atoms with van der Waals surface area (Å²) in [5.74, 6) is -0.271. The van der Waals surface area contributed by atoms with Crippen molar-refractivity contribution in [2.24, 2.45) is 0 Å². The van der Waals surface area contributed by atoms with Gasteiger partial charge in [0.2, 0.25) is 10.0 Å². The third-order valence-electron chi connectivity index (χ3n) is 3.21. The number of Topliss-reactive ketones (excluding diaryl/α,β-unsaturated/α-hetero) is 1. The van der Waals surface area contributed by atoms with Gasteiger partial charge in [-0.15, -0.1) is 0 Å². The summed E-state index contributed by atoms with van der Waals surface area (Å²) in [4.78, 5) is 11.2. The molecule has 0 amide bonds. The number of nitrogens with one attached hydrogen (secondary N) is 1. The highest BCUT2D eigenvalue weighted by molar-refractivity contribution is 7.89. The van der Waals surface area contributed by atoms with Crippen molar-refractivity contribution in [3.63, 3.8) is 0 Å². The van der Waals surface area contributed by atoms with Gasteiger partial charge in [-0.3, -0.25) is 4.79 Å². The van der Waals surface area contributed by atoms with Crippen LogP contribution in [0.25, 0.3) is 0 Å². The van der Waals surface area contributed by atoms with Crippen LogP contribution in [0.1, 0.15) is 22.8 Å². The van der Waals surface area contributed by atoms with Crippen molar-refractivity contribution in [1.82, 2.24) is 4.72 Å². The molecule has 0 spiro atoms. The molecule has 0 saturated carbocycles. The van der Waals surface area contributed by atoms with Gasteiger partial charge in [0, 0.05) is 17.7 Å². The number of ketones is 1. The van der Waals surface area contributed by atoms with Gasteiger partial charge in [-0.25, -0.2) is 13.1 Å². The molecule has 0 fully saturated rings. The van der Waals surface area contributed by atoms with Crippen molar-refractivity contribution in [2.45, 2.75) is 25.0 Å². The number of para-hydroxylation sites is 1. The Morgan fingerprint density at radius 2 is 1.75 bits per heavy atom. The quantitative estimate of drug-likeness (QED) is 0.775. The van der Waals surface area contributed by atoms with Gasteiger partial charge in [-0.1, -0.05) is 30.3 Å². The molecule has 128 valence electrons. The van der Waals surface area contributed by atoms with E-state index in [4.69, 9.17) is 0 Å². The van der Waals surface area contributed by atoms with Gasteiger partial charge < -0.3 is 4.74 Å². The van der Waals surface area contributed by atoms with Crippen molar-refractivity contribution in [2.75, 3.05) is 0 Å². The SMILES string of the molecule is CC(=O)c1ccc(S(=O)(=O)NCc2ccccc2OC(F)F)cc1. The topological polar surface area (TPSA) is 72.5 Å². The molecule has 0 aliphatic heterocycles. The largest absolute Gasteiger partial charge is 0.434 e. The third kappa shape index (κ3) is 4.59. The van der Waals surface area contributed by atoms with E-state index in [0.29, 0.717) is 5.56 Å². The first-order chi connectivity index (χ1) is 11.3. The Balaban J connectivity index is 2.14. The number of halogens is 2. The lowest BCUT2D eigenvalue weighted by molar-refractivity contribution is -0.0504. The lowest BCUT2D eigenvalue weighted by Crippen LogP contribution is -2.23. The van der Waals surface area contributed by atoms with E-state index in [1.807, 2.05) is 0 Å². The normalized spacial score (nSPS) is 11.5. The highest BCUT2D eigenvalue weighted by Gasteiger charge is 2.16. The van der Waals surface area contributed by atoms with E-state index in [2.05, 4.69) is 9.46 Å². The first-order valence-electron chi connectivity index (χ1n) is 6.93. The number of alkyl halides is 2. The molecule has 0 unspecified atom stereocenters. The van der Waals surface area contributed by atoms with E-state index < -0.39 is 16.6 Å². The Morgan fingerprint density at radius 3 is 2.33 bits per heavy atom. The van der Waals surface area contributed by atoms with Crippen LogP contribution < -0.4 is 9.46 Å². The van der Waals surface area contributed by atoms with E-state index >= 15 is 0 Å². The first-order valence-corrected chi connectivity index (χ1v) is 8.41. The second-order valence-electron chi connectivity index (χ2n) is 4.89. The van der Waals surface area contributed by atoms with Gasteiger partial charge in [-0.2, -0.15) is 8.78 Å². The monoisotopic (exact) mass is 355 g/mol. The van der Waals surface area contributed by atoms with Crippen LogP contribution in [0.5, 0.6) is 5.75 Å². The molecule has 0 atom stereocenters. The molecule has 0 aromatic heterocycles. The third-order valence-corrected chi connectivity index (χ3v) is 4.63. The summed E-state index contributed by atoms with van der Waals surface area (Å²) in [6, 6.07) is 11.3. The molecule has 8 heteroatoms. The smallest absolute Gasteiger partial charge is 0.387 e. The number of hydrogen-bond donors (Lipinski definition) is 1. The fourth-order valence-electron chi connectivity index (χ4n) is 1.99. The summed E-state index contributed by atoms with van der Waals surface area (Å²) in [5, 5.41) is 0. The van der Waals surface area contributed by atoms with Crippen LogP contribution in [-0.2, 0) is 16.6 Å². The van der Waals surface area contributed by atoms with Crippen LogP contribution in [0, 0.1) is 0 Å². The van der Waals surface area contributed by atoms with E-state index in [1.165, 1.54) is 49.4 Å². The molecular weight excluding hydrogens is 340 g/mol. The minimum absolute atomic E-state index is 0.0280. The molecule has 0 saturated heterocycles. The van der Waals surface area contributed by atoms with E-state index in [-0.39, 0.29) is 28.5 Å². The van der Waals surface area contributed by atoms with Crippen molar-refractivity contribution in [1.29, 1.82) is 0 Å². The standard InChI is InChI=1S/C16H15F2NO4S/c1-11(20)12-6-8-14(9-7-12)24(21,22)19-10-13-4-2-3-5-15(13)23-16(17)18/h2-9,16,19H,10H2,1H3. The minimum Gasteiger partial charge on any atom is -0.434 e. The Morgan fingerprint density at radius 1 is 1.12 bits per heavy atom. The maximum atomic E-state index is 12.4. The summed E-state index contributed by atoms with van der Waals surface area (Å²) >= 11 is 0. The molecular formula is C16H15F2NO4S. The van der Waals surface area contributed by atoms with Crippen LogP contribution >= 0.6 is 0 Å². The lowest BCUT2D eigenvalue weighted by atomic mass is 10.2. The predicted octanol–water partition coefficient (Wildman–Crippen LogP) is 2.97. The van der Waals surface area contributed by atoms with Crippen molar-refractivity contribution in [3.05, 3.63) is 59.7 Å². The molecule has 2 rings (SSSR count). The molecule has 0 heterocycles. The predicted molar refractivity (Wildman–Crippen MR) is 83.5 cm³/mol. The summed E-state index contributed by atoms with van der Waals surface area (Å²) in [5.41, 5.74) is 0.673. The Kier molecular flexibility index (Phi) is 5.63. The van der Waals surface area contributed by atoms with E-state index in [0.717, 1.165) is 0 Å². The molecule has 1 N–H and O–H groups in total. The number of carbonyl (C=O) groups is 1. The summed E-state index contributed by atoms with van der Waals surface area (Å²) in [6.07, 6.45) is 0. The van der Waals surface area contributed by atoms with Crippen molar-refractivity contribution < 1.29 is 26.7 Å². The molecule has 2 aromatic rings. The van der Waals surface area contributed by atoms with Crippen LogP contribution in [-0.4, -0.2) is 20.8 Å². The fourth-order valence-corrected chi connectivity index (χ4v) is 2.99. The highest BCUT2D eigenvalue weighted by Crippen LogP contribution is 2.21.